The summed E-state index contributed by atoms with van der Waals surface area (Å²) < 4.78 is 4.10. The highest BCUT2D eigenvalue weighted by atomic mass is 16.3. The fraction of sp³-hybridized carbons (Fsp3) is 0.538. The Morgan fingerprint density at radius 1 is 1.39 bits per heavy atom. The van der Waals surface area contributed by atoms with Gasteiger partial charge in [-0.05, 0) is 31.7 Å². The summed E-state index contributed by atoms with van der Waals surface area (Å²) in [7, 11) is 1.98. The summed E-state index contributed by atoms with van der Waals surface area (Å²) in [5, 5.41) is 18.2. The topological polar surface area (TPSA) is 55.9 Å². The molecule has 1 aliphatic carbocycles. The van der Waals surface area contributed by atoms with Crippen LogP contribution in [0.2, 0.25) is 0 Å². The average Bonchev–Trinajstić information content (AvgIpc) is 2.89. The molecule has 5 nitrogen and oxygen atoms in total. The van der Waals surface area contributed by atoms with Gasteiger partial charge in [0.25, 0.3) is 0 Å². The van der Waals surface area contributed by atoms with Gasteiger partial charge in [-0.2, -0.15) is 0 Å². The quantitative estimate of drug-likeness (QED) is 0.870. The molecule has 2 aromatic rings. The third kappa shape index (κ3) is 1.84. The fourth-order valence-corrected chi connectivity index (χ4v) is 2.57. The van der Waals surface area contributed by atoms with Crippen molar-refractivity contribution in [1.29, 1.82) is 0 Å². The first-order valence-corrected chi connectivity index (χ1v) is 6.36. The van der Waals surface area contributed by atoms with Crippen LogP contribution in [0.1, 0.15) is 41.7 Å². The molecule has 0 aliphatic heterocycles. The fourth-order valence-electron chi connectivity index (χ4n) is 2.57. The van der Waals surface area contributed by atoms with Crippen LogP contribution in [-0.4, -0.2) is 24.4 Å². The summed E-state index contributed by atoms with van der Waals surface area (Å²) in [6.07, 6.45) is 6.89. The van der Waals surface area contributed by atoms with Gasteiger partial charge in [0, 0.05) is 25.0 Å². The van der Waals surface area contributed by atoms with Crippen LogP contribution in [0.4, 0.5) is 0 Å². The van der Waals surface area contributed by atoms with E-state index < -0.39 is 0 Å². The van der Waals surface area contributed by atoms with Crippen LogP contribution in [-0.2, 0) is 20.0 Å². The molecule has 0 spiro atoms. The summed E-state index contributed by atoms with van der Waals surface area (Å²) in [6, 6.07) is 0. The molecule has 0 bridgehead atoms. The Balaban J connectivity index is 1.88. The highest BCUT2D eigenvalue weighted by molar-refractivity contribution is 5.29. The number of aryl methyl sites for hydroxylation is 2. The van der Waals surface area contributed by atoms with Crippen LogP contribution < -0.4 is 0 Å². The lowest BCUT2D eigenvalue weighted by atomic mass is 9.93. The van der Waals surface area contributed by atoms with Gasteiger partial charge in [-0.1, -0.05) is 0 Å². The van der Waals surface area contributed by atoms with Gasteiger partial charge in [0.05, 0.1) is 12.6 Å². The minimum absolute atomic E-state index is 0.295. The average molecular weight is 246 g/mol. The number of aliphatic hydroxyl groups excluding tert-OH is 1. The van der Waals surface area contributed by atoms with E-state index >= 15 is 0 Å². The first-order chi connectivity index (χ1) is 8.65. The highest BCUT2D eigenvalue weighted by Gasteiger charge is 2.20. The van der Waals surface area contributed by atoms with E-state index in [1.807, 2.05) is 24.7 Å². The molecule has 1 N–H and O–H groups in total. The zero-order chi connectivity index (χ0) is 12.7. The Labute approximate surface area is 106 Å². The predicted molar refractivity (Wildman–Crippen MR) is 67.2 cm³/mol. The molecule has 0 saturated carbocycles. The maximum absolute atomic E-state index is 9.95. The van der Waals surface area contributed by atoms with Gasteiger partial charge < -0.3 is 14.2 Å². The Morgan fingerprint density at radius 2 is 2.22 bits per heavy atom. The third-order valence-corrected chi connectivity index (χ3v) is 3.79. The van der Waals surface area contributed by atoms with Crippen molar-refractivity contribution in [2.24, 2.45) is 7.05 Å². The van der Waals surface area contributed by atoms with Gasteiger partial charge in [0.2, 0.25) is 0 Å². The van der Waals surface area contributed by atoms with Gasteiger partial charge in [-0.15, -0.1) is 10.2 Å². The maximum atomic E-state index is 9.95. The standard InChI is InChI=1S/C13H18N4O/c1-9-14-15-13(16(9)2)8-17-6-10-4-3-5-12(18)11(10)7-17/h6-7,12,18H,3-5,8H2,1-2H3. The van der Waals surface area contributed by atoms with Crippen LogP contribution in [0.25, 0.3) is 0 Å². The predicted octanol–water partition coefficient (Wildman–Crippen LogP) is 1.34. The molecule has 18 heavy (non-hydrogen) atoms. The molecule has 0 amide bonds. The molecule has 1 atom stereocenters. The third-order valence-electron chi connectivity index (χ3n) is 3.79. The lowest BCUT2D eigenvalue weighted by molar-refractivity contribution is 0.157. The Morgan fingerprint density at radius 3 is 2.89 bits per heavy atom. The Kier molecular flexibility index (Phi) is 2.70. The van der Waals surface area contributed by atoms with E-state index in [4.69, 9.17) is 0 Å². The lowest BCUT2D eigenvalue weighted by Crippen LogP contribution is -2.06. The van der Waals surface area contributed by atoms with Gasteiger partial charge in [0.1, 0.15) is 5.82 Å². The van der Waals surface area contributed by atoms with E-state index in [0.717, 1.165) is 36.5 Å². The number of nitrogens with zero attached hydrogens (tertiary/aromatic N) is 4. The van der Waals surface area contributed by atoms with E-state index in [-0.39, 0.29) is 6.10 Å². The normalized spacial score (nSPS) is 18.9. The monoisotopic (exact) mass is 246 g/mol. The molecule has 1 unspecified atom stereocenters. The van der Waals surface area contributed by atoms with Crippen molar-refractivity contribution in [3.8, 4) is 0 Å². The van der Waals surface area contributed by atoms with Crippen molar-refractivity contribution >= 4 is 0 Å². The van der Waals surface area contributed by atoms with Crippen LogP contribution in [0.15, 0.2) is 12.4 Å². The Hall–Kier alpha value is -1.62. The summed E-state index contributed by atoms with van der Waals surface area (Å²) in [4.78, 5) is 0. The first kappa shape index (κ1) is 11.5. The van der Waals surface area contributed by atoms with Crippen molar-refractivity contribution in [3.63, 3.8) is 0 Å². The first-order valence-electron chi connectivity index (χ1n) is 6.36. The smallest absolute Gasteiger partial charge is 0.152 e. The zero-order valence-corrected chi connectivity index (χ0v) is 10.8. The molecule has 96 valence electrons. The molecule has 3 rings (SSSR count). The summed E-state index contributed by atoms with van der Waals surface area (Å²) in [6.45, 7) is 2.65. The molecular weight excluding hydrogens is 228 g/mol. The molecule has 2 heterocycles. The second-order valence-electron chi connectivity index (χ2n) is 5.04. The molecule has 0 radical (unpaired) electrons. The maximum Gasteiger partial charge on any atom is 0.152 e. The van der Waals surface area contributed by atoms with E-state index in [9.17, 15) is 5.11 Å². The van der Waals surface area contributed by atoms with Crippen molar-refractivity contribution in [2.75, 3.05) is 0 Å². The molecule has 5 heteroatoms. The number of aromatic nitrogens is 4. The van der Waals surface area contributed by atoms with E-state index in [1.165, 1.54) is 5.56 Å². The molecular formula is C13H18N4O. The van der Waals surface area contributed by atoms with Crippen molar-refractivity contribution in [2.45, 2.75) is 38.8 Å². The van der Waals surface area contributed by atoms with E-state index in [2.05, 4.69) is 21.0 Å². The van der Waals surface area contributed by atoms with E-state index in [1.54, 1.807) is 0 Å². The van der Waals surface area contributed by atoms with Crippen molar-refractivity contribution < 1.29 is 5.11 Å². The molecule has 0 fully saturated rings. The number of rotatable bonds is 2. The summed E-state index contributed by atoms with van der Waals surface area (Å²) in [5.74, 6) is 1.86. The van der Waals surface area contributed by atoms with Gasteiger partial charge in [0.15, 0.2) is 5.82 Å². The van der Waals surface area contributed by atoms with Crippen LogP contribution in [0.5, 0.6) is 0 Å². The van der Waals surface area contributed by atoms with Crippen molar-refractivity contribution in [3.05, 3.63) is 35.2 Å². The minimum atomic E-state index is -0.295. The molecule has 1 aliphatic rings. The minimum Gasteiger partial charge on any atom is -0.388 e. The van der Waals surface area contributed by atoms with Gasteiger partial charge in [-0.3, -0.25) is 0 Å². The summed E-state index contributed by atoms with van der Waals surface area (Å²) in [5.41, 5.74) is 2.35. The Bertz CT molecular complexity index is 570. The number of hydrogen-bond acceptors (Lipinski definition) is 3. The second-order valence-corrected chi connectivity index (χ2v) is 5.04. The van der Waals surface area contributed by atoms with E-state index in [0.29, 0.717) is 6.54 Å². The van der Waals surface area contributed by atoms with Crippen LogP contribution in [0.3, 0.4) is 0 Å². The van der Waals surface area contributed by atoms with Crippen LogP contribution in [0, 0.1) is 6.92 Å². The van der Waals surface area contributed by atoms with Crippen molar-refractivity contribution in [1.82, 2.24) is 19.3 Å². The van der Waals surface area contributed by atoms with Gasteiger partial charge >= 0.3 is 0 Å². The lowest BCUT2D eigenvalue weighted by Gasteiger charge is -2.16. The number of hydrogen-bond donors (Lipinski definition) is 1. The summed E-state index contributed by atoms with van der Waals surface area (Å²) >= 11 is 0. The molecule has 2 aromatic heterocycles. The SMILES string of the molecule is Cc1nnc(Cn2cc3c(c2)C(O)CCC3)n1C. The largest absolute Gasteiger partial charge is 0.388 e. The van der Waals surface area contributed by atoms with Crippen LogP contribution >= 0.6 is 0 Å². The molecule has 0 aromatic carbocycles. The number of aliphatic hydroxyl groups is 1. The van der Waals surface area contributed by atoms with Gasteiger partial charge in [-0.25, -0.2) is 0 Å². The molecule has 0 saturated heterocycles. The number of fused-ring (bicyclic) bond motifs is 1. The zero-order valence-electron chi connectivity index (χ0n) is 10.8. The highest BCUT2D eigenvalue weighted by Crippen LogP contribution is 2.30. The second kappa shape index (κ2) is 4.24.